The summed E-state index contributed by atoms with van der Waals surface area (Å²) in [5.41, 5.74) is 7.25. The third kappa shape index (κ3) is 2.66. The van der Waals surface area contributed by atoms with Gasteiger partial charge in [-0.15, -0.1) is 0 Å². The van der Waals surface area contributed by atoms with Gasteiger partial charge in [-0.25, -0.2) is 0 Å². The van der Waals surface area contributed by atoms with Gasteiger partial charge in [0, 0.05) is 19.3 Å². The number of rotatable bonds is 4. The van der Waals surface area contributed by atoms with Crippen molar-refractivity contribution in [3.8, 4) is 0 Å². The molecular weight excluding hydrogens is 246 g/mol. The monoisotopic (exact) mass is 277 g/mol. The van der Waals surface area contributed by atoms with Crippen molar-refractivity contribution in [2.75, 3.05) is 13.2 Å². The zero-order chi connectivity index (χ0) is 13.6. The molecule has 5 fully saturated rings. The maximum absolute atomic E-state index is 6.59. The Bertz CT molecular complexity index is 312. The lowest BCUT2D eigenvalue weighted by Gasteiger charge is -2.57. The molecule has 4 aliphatic carbocycles. The molecule has 1 heterocycles. The van der Waals surface area contributed by atoms with E-state index in [-0.39, 0.29) is 0 Å². The van der Waals surface area contributed by atoms with E-state index in [9.17, 15) is 0 Å². The van der Waals surface area contributed by atoms with Gasteiger partial charge in [0.1, 0.15) is 0 Å². The van der Waals surface area contributed by atoms with Gasteiger partial charge >= 0.3 is 0 Å². The fourth-order valence-electron chi connectivity index (χ4n) is 6.59. The van der Waals surface area contributed by atoms with Crippen molar-refractivity contribution >= 4 is 0 Å². The van der Waals surface area contributed by atoms with Crippen molar-refractivity contribution in [3.63, 3.8) is 0 Å². The Balaban J connectivity index is 1.36. The zero-order valence-corrected chi connectivity index (χ0v) is 12.9. The van der Waals surface area contributed by atoms with E-state index in [1.165, 1.54) is 44.9 Å². The van der Waals surface area contributed by atoms with Gasteiger partial charge in [0.25, 0.3) is 0 Å². The van der Waals surface area contributed by atoms with Crippen molar-refractivity contribution in [1.82, 2.24) is 0 Å². The molecular formula is C18H31NO. The SMILES string of the molecule is NC(CC1CCOCC1)CC12CC3CC(CC(C3)C1)C2. The lowest BCUT2D eigenvalue weighted by Crippen LogP contribution is -2.48. The van der Waals surface area contributed by atoms with E-state index >= 15 is 0 Å². The van der Waals surface area contributed by atoms with Crippen molar-refractivity contribution in [1.29, 1.82) is 0 Å². The molecule has 5 aliphatic rings. The minimum absolute atomic E-state index is 0.453. The lowest BCUT2D eigenvalue weighted by atomic mass is 9.48. The van der Waals surface area contributed by atoms with Crippen LogP contribution >= 0.6 is 0 Å². The summed E-state index contributed by atoms with van der Waals surface area (Å²) in [6.45, 7) is 1.93. The van der Waals surface area contributed by atoms with Gasteiger partial charge in [-0.2, -0.15) is 0 Å². The smallest absolute Gasteiger partial charge is 0.0468 e. The first-order valence-electron chi connectivity index (χ1n) is 9.04. The van der Waals surface area contributed by atoms with Crippen LogP contribution in [0.2, 0.25) is 0 Å². The van der Waals surface area contributed by atoms with Gasteiger partial charge in [-0.3, -0.25) is 0 Å². The van der Waals surface area contributed by atoms with Crippen LogP contribution in [0.1, 0.15) is 64.2 Å². The Hall–Kier alpha value is -0.0800. The summed E-state index contributed by atoms with van der Waals surface area (Å²) >= 11 is 0. The summed E-state index contributed by atoms with van der Waals surface area (Å²) in [6, 6.07) is 0.453. The summed E-state index contributed by atoms with van der Waals surface area (Å²) < 4.78 is 5.47. The standard InChI is InChI=1S/C18H31NO/c19-17(8-13-1-3-20-4-2-13)12-18-9-14-5-15(10-18)7-16(6-14)11-18/h13-17H,1-12,19H2. The van der Waals surface area contributed by atoms with Crippen LogP contribution in [0.3, 0.4) is 0 Å². The second-order valence-corrected chi connectivity index (χ2v) is 8.67. The predicted octanol–water partition coefficient (Wildman–Crippen LogP) is 3.74. The van der Waals surface area contributed by atoms with Gasteiger partial charge in [0.05, 0.1) is 0 Å². The van der Waals surface area contributed by atoms with Gasteiger partial charge in [0.15, 0.2) is 0 Å². The molecule has 0 aromatic heterocycles. The molecule has 4 bridgehead atoms. The van der Waals surface area contributed by atoms with Crippen LogP contribution < -0.4 is 5.73 Å². The molecule has 2 N–H and O–H groups in total. The van der Waals surface area contributed by atoms with E-state index < -0.39 is 0 Å². The Morgan fingerprint density at radius 3 is 2.05 bits per heavy atom. The number of hydrogen-bond donors (Lipinski definition) is 1. The average Bonchev–Trinajstić information content (AvgIpc) is 2.37. The van der Waals surface area contributed by atoms with Crippen molar-refractivity contribution < 1.29 is 4.74 Å². The van der Waals surface area contributed by atoms with Crippen LogP contribution in [0.15, 0.2) is 0 Å². The van der Waals surface area contributed by atoms with Crippen LogP contribution in [0.25, 0.3) is 0 Å². The third-order valence-electron chi connectivity index (χ3n) is 6.84. The molecule has 1 saturated heterocycles. The largest absolute Gasteiger partial charge is 0.381 e. The normalized spacial score (nSPS) is 45.8. The maximum Gasteiger partial charge on any atom is 0.0468 e. The van der Waals surface area contributed by atoms with Crippen LogP contribution in [0, 0.1) is 29.1 Å². The summed E-state index contributed by atoms with van der Waals surface area (Å²) in [5.74, 6) is 4.04. The molecule has 0 aromatic rings. The third-order valence-corrected chi connectivity index (χ3v) is 6.84. The quantitative estimate of drug-likeness (QED) is 0.849. The molecule has 1 atom stereocenters. The molecule has 2 heteroatoms. The highest BCUT2D eigenvalue weighted by Crippen LogP contribution is 2.61. The lowest BCUT2D eigenvalue weighted by molar-refractivity contribution is -0.0618. The Kier molecular flexibility index (Phi) is 3.58. The summed E-state index contributed by atoms with van der Waals surface area (Å²) in [7, 11) is 0. The molecule has 5 rings (SSSR count). The van der Waals surface area contributed by atoms with E-state index in [0.29, 0.717) is 11.5 Å². The molecule has 0 amide bonds. The molecule has 1 unspecified atom stereocenters. The van der Waals surface area contributed by atoms with E-state index in [4.69, 9.17) is 10.5 Å². The second-order valence-electron chi connectivity index (χ2n) is 8.67. The Morgan fingerprint density at radius 1 is 0.950 bits per heavy atom. The maximum atomic E-state index is 6.59. The molecule has 0 aromatic carbocycles. The van der Waals surface area contributed by atoms with Crippen LogP contribution in [-0.2, 0) is 4.74 Å². The molecule has 0 radical (unpaired) electrons. The van der Waals surface area contributed by atoms with Crippen LogP contribution in [0.4, 0.5) is 0 Å². The van der Waals surface area contributed by atoms with Gasteiger partial charge in [-0.05, 0) is 93.3 Å². The highest BCUT2D eigenvalue weighted by molar-refractivity contribution is 5.02. The van der Waals surface area contributed by atoms with Crippen molar-refractivity contribution in [2.24, 2.45) is 34.8 Å². The predicted molar refractivity (Wildman–Crippen MR) is 81.4 cm³/mol. The Morgan fingerprint density at radius 2 is 1.50 bits per heavy atom. The molecule has 0 spiro atoms. The van der Waals surface area contributed by atoms with E-state index in [0.717, 1.165) is 36.9 Å². The summed E-state index contributed by atoms with van der Waals surface area (Å²) in [6.07, 6.45) is 14.3. The fraction of sp³-hybridized carbons (Fsp3) is 1.00. The van der Waals surface area contributed by atoms with E-state index in [1.54, 1.807) is 19.3 Å². The highest BCUT2D eigenvalue weighted by atomic mass is 16.5. The number of nitrogens with two attached hydrogens (primary N) is 1. The molecule has 2 nitrogen and oxygen atoms in total. The van der Waals surface area contributed by atoms with Gasteiger partial charge < -0.3 is 10.5 Å². The average molecular weight is 277 g/mol. The first-order chi connectivity index (χ1) is 9.71. The minimum Gasteiger partial charge on any atom is -0.381 e. The Labute approximate surface area is 123 Å². The second kappa shape index (κ2) is 5.28. The van der Waals surface area contributed by atoms with E-state index in [2.05, 4.69) is 0 Å². The van der Waals surface area contributed by atoms with Gasteiger partial charge in [0.2, 0.25) is 0 Å². The topological polar surface area (TPSA) is 35.2 Å². The van der Waals surface area contributed by atoms with Crippen molar-refractivity contribution in [2.45, 2.75) is 70.3 Å². The number of hydrogen-bond acceptors (Lipinski definition) is 2. The molecule has 1 aliphatic heterocycles. The zero-order valence-electron chi connectivity index (χ0n) is 12.9. The fourth-order valence-corrected chi connectivity index (χ4v) is 6.59. The molecule has 114 valence electrons. The molecule has 20 heavy (non-hydrogen) atoms. The first kappa shape index (κ1) is 13.6. The van der Waals surface area contributed by atoms with Crippen LogP contribution in [-0.4, -0.2) is 19.3 Å². The highest BCUT2D eigenvalue weighted by Gasteiger charge is 2.51. The van der Waals surface area contributed by atoms with Crippen molar-refractivity contribution in [3.05, 3.63) is 0 Å². The summed E-state index contributed by atoms with van der Waals surface area (Å²) in [4.78, 5) is 0. The van der Waals surface area contributed by atoms with Gasteiger partial charge in [-0.1, -0.05) is 0 Å². The van der Waals surface area contributed by atoms with E-state index in [1.807, 2.05) is 0 Å². The number of ether oxygens (including phenoxy) is 1. The first-order valence-corrected chi connectivity index (χ1v) is 9.04. The minimum atomic E-state index is 0.453. The molecule has 4 saturated carbocycles. The summed E-state index contributed by atoms with van der Waals surface area (Å²) in [5, 5.41) is 0. The van der Waals surface area contributed by atoms with Crippen LogP contribution in [0.5, 0.6) is 0 Å².